The van der Waals surface area contributed by atoms with Gasteiger partial charge in [-0.05, 0) is 48.0 Å². The summed E-state index contributed by atoms with van der Waals surface area (Å²) < 4.78 is 39.3. The van der Waals surface area contributed by atoms with Crippen molar-refractivity contribution in [3.8, 4) is 0 Å². The second kappa shape index (κ2) is 8.16. The zero-order chi connectivity index (χ0) is 21.1. The van der Waals surface area contributed by atoms with E-state index in [0.29, 0.717) is 16.3 Å². The summed E-state index contributed by atoms with van der Waals surface area (Å²) in [4.78, 5) is 17.0. The van der Waals surface area contributed by atoms with Crippen molar-refractivity contribution in [2.75, 3.05) is 5.32 Å². The number of rotatable bonds is 5. The van der Waals surface area contributed by atoms with Crippen LogP contribution >= 0.6 is 11.3 Å². The molecule has 0 atom stereocenters. The number of carbonyl (C=O) groups is 1. The highest BCUT2D eigenvalue weighted by Gasteiger charge is 2.30. The third kappa shape index (κ3) is 4.60. The maximum atomic E-state index is 12.8. The molecule has 30 heavy (non-hydrogen) atoms. The average Bonchev–Trinajstić information content (AvgIpc) is 3.13. The van der Waals surface area contributed by atoms with Crippen LogP contribution in [0, 0.1) is 0 Å². The lowest BCUT2D eigenvalue weighted by molar-refractivity contribution is -0.137. The van der Waals surface area contributed by atoms with Gasteiger partial charge in [0.05, 0.1) is 15.8 Å². The van der Waals surface area contributed by atoms with Crippen molar-refractivity contribution in [2.45, 2.75) is 12.7 Å². The first-order valence-electron chi connectivity index (χ1n) is 9.05. The normalized spacial score (nSPS) is 11.4. The molecule has 3 aromatic carbocycles. The Bertz CT molecular complexity index is 1190. The van der Waals surface area contributed by atoms with Gasteiger partial charge >= 0.3 is 6.18 Å². The first kappa shape index (κ1) is 19.9. The highest BCUT2D eigenvalue weighted by Crippen LogP contribution is 2.30. The van der Waals surface area contributed by atoms with E-state index in [2.05, 4.69) is 15.6 Å². The summed E-state index contributed by atoms with van der Waals surface area (Å²) in [6.07, 6.45) is -4.41. The van der Waals surface area contributed by atoms with Gasteiger partial charge in [0.2, 0.25) is 0 Å². The van der Waals surface area contributed by atoms with Crippen LogP contribution in [0.3, 0.4) is 0 Å². The molecule has 1 heterocycles. The second-order valence-corrected chi connectivity index (χ2v) is 7.60. The minimum Gasteiger partial charge on any atom is -0.348 e. The van der Waals surface area contributed by atoms with Gasteiger partial charge in [0.25, 0.3) is 5.91 Å². The van der Waals surface area contributed by atoms with Crippen molar-refractivity contribution >= 4 is 38.3 Å². The molecule has 1 aromatic heterocycles. The maximum Gasteiger partial charge on any atom is 0.416 e. The van der Waals surface area contributed by atoms with Gasteiger partial charge in [0.1, 0.15) is 0 Å². The maximum absolute atomic E-state index is 12.8. The lowest BCUT2D eigenvalue weighted by Crippen LogP contribution is -2.22. The molecule has 4 nitrogen and oxygen atoms in total. The van der Waals surface area contributed by atoms with E-state index >= 15 is 0 Å². The largest absolute Gasteiger partial charge is 0.416 e. The zero-order valence-corrected chi connectivity index (χ0v) is 16.3. The Labute approximate surface area is 174 Å². The molecule has 0 saturated carbocycles. The summed E-state index contributed by atoms with van der Waals surface area (Å²) in [6, 6.07) is 19.7. The molecule has 0 saturated heterocycles. The summed E-state index contributed by atoms with van der Waals surface area (Å²) in [5, 5.41) is 6.59. The van der Waals surface area contributed by atoms with E-state index in [9.17, 15) is 18.0 Å². The van der Waals surface area contributed by atoms with E-state index in [0.717, 1.165) is 28.0 Å². The summed E-state index contributed by atoms with van der Waals surface area (Å²) in [7, 11) is 0. The molecule has 0 aliphatic carbocycles. The van der Waals surface area contributed by atoms with Crippen LogP contribution in [0.5, 0.6) is 0 Å². The molecule has 0 fully saturated rings. The smallest absolute Gasteiger partial charge is 0.348 e. The third-order valence-corrected chi connectivity index (χ3v) is 5.32. The topological polar surface area (TPSA) is 54.0 Å². The number of halogens is 3. The predicted octanol–water partition coefficient (Wildman–Crippen LogP) is 5.99. The Morgan fingerprint density at radius 2 is 1.77 bits per heavy atom. The Hall–Kier alpha value is -3.39. The highest BCUT2D eigenvalue weighted by atomic mass is 32.1. The molecule has 0 aliphatic heterocycles. The van der Waals surface area contributed by atoms with Crippen LogP contribution < -0.4 is 10.6 Å². The van der Waals surface area contributed by atoms with Crippen LogP contribution in [-0.4, -0.2) is 10.9 Å². The monoisotopic (exact) mass is 427 g/mol. The van der Waals surface area contributed by atoms with Crippen molar-refractivity contribution < 1.29 is 18.0 Å². The molecule has 0 aliphatic rings. The fraction of sp³-hybridized carbons (Fsp3) is 0.0909. The number of hydrogen-bond donors (Lipinski definition) is 2. The van der Waals surface area contributed by atoms with Gasteiger partial charge < -0.3 is 10.6 Å². The van der Waals surface area contributed by atoms with Crippen molar-refractivity contribution in [3.05, 3.63) is 89.5 Å². The Balaban J connectivity index is 1.46. The summed E-state index contributed by atoms with van der Waals surface area (Å²) in [6.45, 7) is 0.00426. The Morgan fingerprint density at radius 3 is 2.53 bits per heavy atom. The van der Waals surface area contributed by atoms with E-state index in [1.54, 1.807) is 24.3 Å². The number of anilines is 2. The molecule has 0 radical (unpaired) electrons. The first-order chi connectivity index (χ1) is 14.4. The number of nitrogens with one attached hydrogen (secondary N) is 2. The number of thiazole rings is 1. The van der Waals surface area contributed by atoms with Crippen LogP contribution in [0.2, 0.25) is 0 Å². The number of aromatic nitrogens is 1. The minimum atomic E-state index is -4.41. The number of carbonyl (C=O) groups excluding carboxylic acids is 1. The highest BCUT2D eigenvalue weighted by molar-refractivity contribution is 7.22. The molecule has 4 aromatic rings. The molecule has 0 spiro atoms. The lowest BCUT2D eigenvalue weighted by atomic mass is 10.1. The number of hydrogen-bond acceptors (Lipinski definition) is 4. The van der Waals surface area contributed by atoms with Crippen LogP contribution in [0.1, 0.15) is 21.5 Å². The molecule has 0 unspecified atom stereocenters. The number of nitrogens with zero attached hydrogens (tertiary/aromatic N) is 1. The Morgan fingerprint density at radius 1 is 0.967 bits per heavy atom. The van der Waals surface area contributed by atoms with Gasteiger partial charge in [-0.15, -0.1) is 0 Å². The number of amides is 1. The quantitative estimate of drug-likeness (QED) is 0.411. The van der Waals surface area contributed by atoms with Crippen LogP contribution in [0.15, 0.2) is 72.8 Å². The third-order valence-electron chi connectivity index (χ3n) is 4.38. The van der Waals surface area contributed by atoms with Gasteiger partial charge in [-0.1, -0.05) is 41.7 Å². The van der Waals surface area contributed by atoms with Crippen molar-refractivity contribution in [2.24, 2.45) is 0 Å². The van der Waals surface area contributed by atoms with Gasteiger partial charge in [-0.3, -0.25) is 4.79 Å². The molecule has 1 amide bonds. The minimum absolute atomic E-state index is 0.00426. The van der Waals surface area contributed by atoms with E-state index < -0.39 is 11.7 Å². The summed E-state index contributed by atoms with van der Waals surface area (Å²) in [5.74, 6) is -0.361. The molecule has 0 bridgehead atoms. The molecular formula is C22H16F3N3OS. The van der Waals surface area contributed by atoms with E-state index in [-0.39, 0.29) is 12.5 Å². The van der Waals surface area contributed by atoms with Gasteiger partial charge in [-0.2, -0.15) is 13.2 Å². The van der Waals surface area contributed by atoms with E-state index in [1.165, 1.54) is 17.4 Å². The number of alkyl halides is 3. The molecular weight excluding hydrogens is 411 g/mol. The van der Waals surface area contributed by atoms with Crippen molar-refractivity contribution in [1.29, 1.82) is 0 Å². The second-order valence-electron chi connectivity index (χ2n) is 6.57. The molecule has 2 N–H and O–H groups in total. The zero-order valence-electron chi connectivity index (χ0n) is 15.5. The molecule has 152 valence electrons. The van der Waals surface area contributed by atoms with E-state index in [4.69, 9.17) is 0 Å². The van der Waals surface area contributed by atoms with Gasteiger partial charge in [0, 0.05) is 17.8 Å². The van der Waals surface area contributed by atoms with Crippen molar-refractivity contribution in [3.63, 3.8) is 0 Å². The molecule has 8 heteroatoms. The number of para-hydroxylation sites is 1. The van der Waals surface area contributed by atoms with Gasteiger partial charge in [0.15, 0.2) is 5.13 Å². The van der Waals surface area contributed by atoms with Crippen LogP contribution in [-0.2, 0) is 12.7 Å². The van der Waals surface area contributed by atoms with Crippen LogP contribution in [0.4, 0.5) is 24.0 Å². The SMILES string of the molecule is O=C(NCc1cccc(C(F)(F)F)c1)c1ccc2nc(Nc3ccccc3)sc2c1. The Kier molecular flexibility index (Phi) is 5.41. The lowest BCUT2D eigenvalue weighted by Gasteiger charge is -2.09. The van der Waals surface area contributed by atoms with Gasteiger partial charge in [-0.25, -0.2) is 4.98 Å². The number of fused-ring (bicyclic) bond motifs is 1. The van der Waals surface area contributed by atoms with Crippen LogP contribution in [0.25, 0.3) is 10.2 Å². The standard InChI is InChI=1S/C22H16F3N3OS/c23-22(24,25)16-6-4-5-14(11-16)13-26-20(29)15-9-10-18-19(12-15)30-21(28-18)27-17-7-2-1-3-8-17/h1-12H,13H2,(H,26,29)(H,27,28). The van der Waals surface area contributed by atoms with Crippen molar-refractivity contribution in [1.82, 2.24) is 10.3 Å². The predicted molar refractivity (Wildman–Crippen MR) is 112 cm³/mol. The molecule has 4 rings (SSSR count). The summed E-state index contributed by atoms with van der Waals surface area (Å²) in [5.41, 5.74) is 1.73. The number of benzene rings is 3. The average molecular weight is 427 g/mol. The summed E-state index contributed by atoms with van der Waals surface area (Å²) >= 11 is 1.42. The fourth-order valence-corrected chi connectivity index (χ4v) is 3.83. The first-order valence-corrected chi connectivity index (χ1v) is 9.87. The van der Waals surface area contributed by atoms with E-state index in [1.807, 2.05) is 30.3 Å². The fourth-order valence-electron chi connectivity index (χ4n) is 2.91.